The zero-order chi connectivity index (χ0) is 11.6. The first kappa shape index (κ1) is 11.4. The third-order valence-corrected chi connectivity index (χ3v) is 3.47. The Hall–Kier alpha value is -1.12. The summed E-state index contributed by atoms with van der Waals surface area (Å²) in [5.41, 5.74) is 1.54. The smallest absolute Gasteiger partial charge is 0.223 e. The van der Waals surface area contributed by atoms with Crippen molar-refractivity contribution in [2.45, 2.75) is 52.5 Å². The molecule has 3 heteroatoms. The van der Waals surface area contributed by atoms with E-state index in [1.54, 1.807) is 0 Å². The molecule has 0 aromatic carbocycles. The van der Waals surface area contributed by atoms with Crippen molar-refractivity contribution in [1.82, 2.24) is 9.97 Å². The Morgan fingerprint density at radius 1 is 1.31 bits per heavy atom. The van der Waals surface area contributed by atoms with Crippen molar-refractivity contribution in [1.29, 1.82) is 0 Å². The highest BCUT2D eigenvalue weighted by atomic mass is 15.1. The molecule has 0 bridgehead atoms. The fraction of sp³-hybridized carbons (Fsp3) is 0.692. The third-order valence-electron chi connectivity index (χ3n) is 3.47. The van der Waals surface area contributed by atoms with Crippen molar-refractivity contribution in [3.63, 3.8) is 0 Å². The highest BCUT2D eigenvalue weighted by Gasteiger charge is 2.26. The summed E-state index contributed by atoms with van der Waals surface area (Å²) in [6.07, 6.45) is 6.85. The second kappa shape index (κ2) is 4.40. The Bertz CT molecular complexity index is 350. The van der Waals surface area contributed by atoms with Gasteiger partial charge in [-0.15, -0.1) is 0 Å². The van der Waals surface area contributed by atoms with Crippen LogP contribution in [0, 0.1) is 12.3 Å². The predicted octanol–water partition coefficient (Wildman–Crippen LogP) is 3.17. The highest BCUT2D eigenvalue weighted by Crippen LogP contribution is 2.35. The number of hydrogen-bond acceptors (Lipinski definition) is 3. The van der Waals surface area contributed by atoms with E-state index in [4.69, 9.17) is 0 Å². The average Bonchev–Trinajstić information content (AvgIpc) is 2.21. The van der Waals surface area contributed by atoms with Crippen LogP contribution in [0.4, 0.5) is 5.95 Å². The fourth-order valence-electron chi connectivity index (χ4n) is 2.24. The van der Waals surface area contributed by atoms with Gasteiger partial charge in [0.2, 0.25) is 5.95 Å². The summed E-state index contributed by atoms with van der Waals surface area (Å²) in [5.74, 6) is 0.782. The lowest BCUT2D eigenvalue weighted by molar-refractivity contribution is 0.232. The van der Waals surface area contributed by atoms with Gasteiger partial charge in [-0.1, -0.05) is 13.8 Å². The summed E-state index contributed by atoms with van der Waals surface area (Å²) in [6.45, 7) is 6.70. The molecule has 0 atom stereocenters. The van der Waals surface area contributed by atoms with Crippen LogP contribution in [0.2, 0.25) is 0 Å². The lowest BCUT2D eigenvalue weighted by atomic mass is 9.76. The third kappa shape index (κ3) is 2.94. The van der Waals surface area contributed by atoms with Crippen LogP contribution in [0.5, 0.6) is 0 Å². The van der Waals surface area contributed by atoms with Crippen LogP contribution in [0.25, 0.3) is 0 Å². The molecule has 1 aliphatic carbocycles. The molecule has 0 aliphatic heterocycles. The van der Waals surface area contributed by atoms with E-state index >= 15 is 0 Å². The molecule has 2 rings (SSSR count). The molecular weight excluding hydrogens is 198 g/mol. The van der Waals surface area contributed by atoms with Crippen molar-refractivity contribution in [2.24, 2.45) is 5.41 Å². The van der Waals surface area contributed by atoms with Gasteiger partial charge >= 0.3 is 0 Å². The quantitative estimate of drug-likeness (QED) is 0.830. The van der Waals surface area contributed by atoms with E-state index in [9.17, 15) is 0 Å². The lowest BCUT2D eigenvalue weighted by Crippen LogP contribution is -2.30. The Morgan fingerprint density at radius 2 is 2.00 bits per heavy atom. The molecule has 1 saturated carbocycles. The molecular formula is C13H21N3. The van der Waals surface area contributed by atoms with Crippen molar-refractivity contribution < 1.29 is 0 Å². The number of nitrogens with one attached hydrogen (secondary N) is 1. The molecule has 16 heavy (non-hydrogen) atoms. The van der Waals surface area contributed by atoms with Crippen LogP contribution < -0.4 is 5.32 Å². The molecule has 1 aromatic rings. The van der Waals surface area contributed by atoms with Crippen LogP contribution in [-0.2, 0) is 0 Å². The molecule has 0 unspecified atom stereocenters. The maximum atomic E-state index is 4.38. The van der Waals surface area contributed by atoms with Gasteiger partial charge < -0.3 is 5.32 Å². The molecule has 0 amide bonds. The summed E-state index contributed by atoms with van der Waals surface area (Å²) in [7, 11) is 0. The topological polar surface area (TPSA) is 37.8 Å². The average molecular weight is 219 g/mol. The number of aromatic nitrogens is 2. The maximum Gasteiger partial charge on any atom is 0.223 e. The minimum atomic E-state index is 0.519. The van der Waals surface area contributed by atoms with Gasteiger partial charge in [-0.2, -0.15) is 0 Å². The van der Waals surface area contributed by atoms with E-state index < -0.39 is 0 Å². The van der Waals surface area contributed by atoms with E-state index in [1.165, 1.54) is 25.7 Å². The summed E-state index contributed by atoms with van der Waals surface area (Å²) in [4.78, 5) is 8.63. The van der Waals surface area contributed by atoms with E-state index in [-0.39, 0.29) is 0 Å². The molecule has 1 aromatic heterocycles. The van der Waals surface area contributed by atoms with Gasteiger partial charge in [0, 0.05) is 17.9 Å². The highest BCUT2D eigenvalue weighted by molar-refractivity contribution is 5.26. The van der Waals surface area contributed by atoms with Crippen LogP contribution in [0.1, 0.15) is 45.2 Å². The first-order valence-electron chi connectivity index (χ1n) is 6.11. The van der Waals surface area contributed by atoms with Gasteiger partial charge in [-0.05, 0) is 44.1 Å². The Labute approximate surface area is 97.7 Å². The molecule has 1 N–H and O–H groups in total. The number of aryl methyl sites for hydroxylation is 1. The largest absolute Gasteiger partial charge is 0.351 e. The predicted molar refractivity (Wildman–Crippen MR) is 66.4 cm³/mol. The van der Waals surface area contributed by atoms with Gasteiger partial charge in [0.25, 0.3) is 0 Å². The van der Waals surface area contributed by atoms with Crippen molar-refractivity contribution in [3.8, 4) is 0 Å². The Morgan fingerprint density at radius 3 is 2.62 bits per heavy atom. The van der Waals surface area contributed by atoms with E-state index in [0.29, 0.717) is 11.5 Å². The summed E-state index contributed by atoms with van der Waals surface area (Å²) in [5, 5.41) is 3.44. The fourth-order valence-corrected chi connectivity index (χ4v) is 2.24. The second-order valence-corrected chi connectivity index (χ2v) is 5.60. The minimum absolute atomic E-state index is 0.519. The zero-order valence-corrected chi connectivity index (χ0v) is 10.5. The zero-order valence-electron chi connectivity index (χ0n) is 10.5. The van der Waals surface area contributed by atoms with Crippen molar-refractivity contribution in [3.05, 3.63) is 18.0 Å². The molecule has 88 valence electrons. The van der Waals surface area contributed by atoms with E-state index in [1.807, 2.05) is 19.2 Å². The van der Waals surface area contributed by atoms with Gasteiger partial charge in [0.15, 0.2) is 0 Å². The number of hydrogen-bond donors (Lipinski definition) is 1. The molecule has 0 spiro atoms. The molecule has 3 nitrogen and oxygen atoms in total. The van der Waals surface area contributed by atoms with Gasteiger partial charge in [0.1, 0.15) is 0 Å². The SMILES string of the molecule is Cc1ccnc(NC2CCC(C)(C)CC2)n1. The molecule has 0 saturated heterocycles. The lowest BCUT2D eigenvalue weighted by Gasteiger charge is -2.34. The first-order chi connectivity index (χ1) is 7.55. The van der Waals surface area contributed by atoms with E-state index in [2.05, 4.69) is 29.1 Å². The maximum absolute atomic E-state index is 4.38. The Balaban J connectivity index is 1.92. The van der Waals surface area contributed by atoms with Crippen molar-refractivity contribution >= 4 is 5.95 Å². The summed E-state index contributed by atoms with van der Waals surface area (Å²) in [6, 6.07) is 2.48. The monoisotopic (exact) mass is 219 g/mol. The number of nitrogens with zero attached hydrogens (tertiary/aromatic N) is 2. The van der Waals surface area contributed by atoms with Crippen LogP contribution in [-0.4, -0.2) is 16.0 Å². The minimum Gasteiger partial charge on any atom is -0.351 e. The number of rotatable bonds is 2. The van der Waals surface area contributed by atoms with Gasteiger partial charge in [-0.25, -0.2) is 9.97 Å². The second-order valence-electron chi connectivity index (χ2n) is 5.60. The standard InChI is InChI=1S/C13H21N3/c1-10-6-9-14-12(15-10)16-11-4-7-13(2,3)8-5-11/h6,9,11H,4-5,7-8H2,1-3H3,(H,14,15,16). The summed E-state index contributed by atoms with van der Waals surface area (Å²) < 4.78 is 0. The van der Waals surface area contributed by atoms with E-state index in [0.717, 1.165) is 11.6 Å². The normalized spacial score (nSPS) is 20.7. The van der Waals surface area contributed by atoms with Crippen LogP contribution in [0.15, 0.2) is 12.3 Å². The number of anilines is 1. The summed E-state index contributed by atoms with van der Waals surface area (Å²) >= 11 is 0. The van der Waals surface area contributed by atoms with Crippen LogP contribution >= 0.6 is 0 Å². The van der Waals surface area contributed by atoms with Gasteiger partial charge in [0.05, 0.1) is 0 Å². The van der Waals surface area contributed by atoms with Crippen molar-refractivity contribution in [2.75, 3.05) is 5.32 Å². The van der Waals surface area contributed by atoms with Gasteiger partial charge in [-0.3, -0.25) is 0 Å². The molecule has 1 aliphatic rings. The molecule has 1 heterocycles. The molecule has 0 radical (unpaired) electrons. The Kier molecular flexibility index (Phi) is 3.13. The first-order valence-corrected chi connectivity index (χ1v) is 6.11. The van der Waals surface area contributed by atoms with Crippen LogP contribution in [0.3, 0.4) is 0 Å². The molecule has 1 fully saturated rings.